The highest BCUT2D eigenvalue weighted by atomic mass is 16.5. The molecule has 0 heterocycles. The highest BCUT2D eigenvalue weighted by Gasteiger charge is 2.21. The van der Waals surface area contributed by atoms with Crippen LogP contribution in [0.2, 0.25) is 0 Å². The zero-order valence-electron chi connectivity index (χ0n) is 9.21. The number of hydrogen-bond donors (Lipinski definition) is 1. The summed E-state index contributed by atoms with van der Waals surface area (Å²) in [6, 6.07) is 0. The first kappa shape index (κ1) is 11.5. The van der Waals surface area contributed by atoms with Crippen LogP contribution in [-0.4, -0.2) is 25.2 Å². The maximum atomic E-state index is 11.5. The van der Waals surface area contributed by atoms with Gasteiger partial charge < -0.3 is 10.1 Å². The smallest absolute Gasteiger partial charge is 0.223 e. The van der Waals surface area contributed by atoms with Gasteiger partial charge in [0.25, 0.3) is 0 Å². The zero-order chi connectivity index (χ0) is 10.4. The van der Waals surface area contributed by atoms with E-state index in [0.717, 1.165) is 12.8 Å². The summed E-state index contributed by atoms with van der Waals surface area (Å²) in [5.74, 6) is 0.490. The van der Waals surface area contributed by atoms with E-state index >= 15 is 0 Å². The van der Waals surface area contributed by atoms with Gasteiger partial charge in [-0.25, -0.2) is 0 Å². The first-order valence-corrected chi connectivity index (χ1v) is 5.59. The van der Waals surface area contributed by atoms with Crippen LogP contribution in [0.1, 0.15) is 39.5 Å². The van der Waals surface area contributed by atoms with Crippen molar-refractivity contribution in [3.8, 4) is 0 Å². The molecule has 0 aromatic carbocycles. The minimum Gasteiger partial charge on any atom is -0.377 e. The summed E-state index contributed by atoms with van der Waals surface area (Å²) in [6.45, 7) is 5.27. The summed E-state index contributed by atoms with van der Waals surface area (Å²) >= 11 is 0. The summed E-state index contributed by atoms with van der Waals surface area (Å²) in [4.78, 5) is 11.5. The molecule has 0 bridgehead atoms. The molecule has 3 heteroatoms. The Morgan fingerprint density at radius 3 is 2.64 bits per heavy atom. The second kappa shape index (κ2) is 6.02. The van der Waals surface area contributed by atoms with Crippen molar-refractivity contribution >= 4 is 5.91 Å². The van der Waals surface area contributed by atoms with Crippen LogP contribution in [0.3, 0.4) is 0 Å². The Morgan fingerprint density at radius 1 is 1.43 bits per heavy atom. The van der Waals surface area contributed by atoms with E-state index in [4.69, 9.17) is 4.74 Å². The van der Waals surface area contributed by atoms with Gasteiger partial charge in [0, 0.05) is 12.5 Å². The third kappa shape index (κ3) is 4.09. The molecule has 0 unspecified atom stereocenters. The molecule has 0 aromatic rings. The van der Waals surface area contributed by atoms with E-state index in [9.17, 15) is 4.79 Å². The van der Waals surface area contributed by atoms with E-state index in [1.807, 2.05) is 13.8 Å². The van der Waals surface area contributed by atoms with Gasteiger partial charge in [-0.15, -0.1) is 0 Å². The van der Waals surface area contributed by atoms with Crippen LogP contribution in [0.5, 0.6) is 0 Å². The molecule has 0 radical (unpaired) electrons. The Labute approximate surface area is 86.2 Å². The van der Waals surface area contributed by atoms with Crippen LogP contribution in [0.25, 0.3) is 0 Å². The van der Waals surface area contributed by atoms with Gasteiger partial charge in [-0.3, -0.25) is 4.79 Å². The van der Waals surface area contributed by atoms with Crippen molar-refractivity contribution in [1.29, 1.82) is 0 Å². The van der Waals surface area contributed by atoms with E-state index in [1.165, 1.54) is 12.8 Å². The molecule has 0 atom stereocenters. The number of carbonyl (C=O) groups excluding carboxylic acids is 1. The molecular formula is C11H21NO2. The number of hydrogen-bond acceptors (Lipinski definition) is 2. The highest BCUT2D eigenvalue weighted by molar-refractivity contribution is 5.78. The molecule has 1 saturated carbocycles. The third-order valence-corrected chi connectivity index (χ3v) is 2.58. The van der Waals surface area contributed by atoms with Gasteiger partial charge in [0.05, 0.1) is 12.7 Å². The average molecular weight is 199 g/mol. The number of nitrogens with one attached hydrogen (secondary N) is 1. The van der Waals surface area contributed by atoms with Gasteiger partial charge in [-0.1, -0.05) is 12.8 Å². The van der Waals surface area contributed by atoms with Crippen LogP contribution >= 0.6 is 0 Å². The summed E-state index contributed by atoms with van der Waals surface area (Å²) < 4.78 is 5.34. The van der Waals surface area contributed by atoms with Crippen molar-refractivity contribution in [3.05, 3.63) is 0 Å². The van der Waals surface area contributed by atoms with Crippen LogP contribution in [0, 0.1) is 5.92 Å². The second-order valence-electron chi connectivity index (χ2n) is 4.19. The predicted octanol–water partition coefficient (Wildman–Crippen LogP) is 1.72. The van der Waals surface area contributed by atoms with Crippen molar-refractivity contribution < 1.29 is 9.53 Å². The van der Waals surface area contributed by atoms with Gasteiger partial charge in [-0.05, 0) is 26.7 Å². The molecule has 0 spiro atoms. The maximum Gasteiger partial charge on any atom is 0.223 e. The van der Waals surface area contributed by atoms with Gasteiger partial charge in [0.15, 0.2) is 0 Å². The fourth-order valence-corrected chi connectivity index (χ4v) is 1.80. The van der Waals surface area contributed by atoms with Crippen molar-refractivity contribution in [2.75, 3.05) is 13.2 Å². The second-order valence-corrected chi connectivity index (χ2v) is 4.19. The molecule has 0 saturated heterocycles. The third-order valence-electron chi connectivity index (χ3n) is 2.58. The maximum absolute atomic E-state index is 11.5. The molecule has 82 valence electrons. The molecule has 14 heavy (non-hydrogen) atoms. The van der Waals surface area contributed by atoms with Crippen molar-refractivity contribution in [2.24, 2.45) is 5.92 Å². The predicted molar refractivity (Wildman–Crippen MR) is 56.1 cm³/mol. The lowest BCUT2D eigenvalue weighted by molar-refractivity contribution is -0.125. The fourth-order valence-electron chi connectivity index (χ4n) is 1.80. The number of amides is 1. The van der Waals surface area contributed by atoms with E-state index in [2.05, 4.69) is 5.32 Å². The first-order chi connectivity index (χ1) is 6.70. The van der Waals surface area contributed by atoms with E-state index in [0.29, 0.717) is 13.2 Å². The van der Waals surface area contributed by atoms with E-state index in [-0.39, 0.29) is 17.9 Å². The molecule has 1 rings (SSSR count). The Bertz CT molecular complexity index is 174. The van der Waals surface area contributed by atoms with Crippen molar-refractivity contribution in [3.63, 3.8) is 0 Å². The number of carbonyl (C=O) groups is 1. The monoisotopic (exact) mass is 199 g/mol. The van der Waals surface area contributed by atoms with Crippen LogP contribution < -0.4 is 5.32 Å². The van der Waals surface area contributed by atoms with Crippen LogP contribution in [0.15, 0.2) is 0 Å². The Kier molecular flexibility index (Phi) is 4.94. The minimum atomic E-state index is 0.217. The molecule has 3 nitrogen and oxygen atoms in total. The molecule has 1 fully saturated rings. The lowest BCUT2D eigenvalue weighted by Gasteiger charge is -2.11. The van der Waals surface area contributed by atoms with Crippen molar-refractivity contribution in [1.82, 2.24) is 5.32 Å². The standard InChI is InChI=1S/C11H21NO2/c1-9(2)14-8-7-12-11(13)10-5-3-4-6-10/h9-10H,3-8H2,1-2H3,(H,12,13). The normalized spacial score (nSPS) is 17.6. The SMILES string of the molecule is CC(C)OCCNC(=O)C1CCCC1. The van der Waals surface area contributed by atoms with Crippen LogP contribution in [0.4, 0.5) is 0 Å². The topological polar surface area (TPSA) is 38.3 Å². The number of rotatable bonds is 5. The van der Waals surface area contributed by atoms with Gasteiger partial charge in [0.1, 0.15) is 0 Å². The Balaban J connectivity index is 2.03. The van der Waals surface area contributed by atoms with Gasteiger partial charge in [0.2, 0.25) is 5.91 Å². The molecule has 0 aromatic heterocycles. The Morgan fingerprint density at radius 2 is 2.07 bits per heavy atom. The quantitative estimate of drug-likeness (QED) is 0.685. The largest absolute Gasteiger partial charge is 0.377 e. The summed E-state index contributed by atoms with van der Waals surface area (Å²) in [6.07, 6.45) is 4.80. The van der Waals surface area contributed by atoms with Crippen LogP contribution in [-0.2, 0) is 9.53 Å². The lowest BCUT2D eigenvalue weighted by Crippen LogP contribution is -2.32. The molecule has 1 aliphatic carbocycles. The zero-order valence-corrected chi connectivity index (χ0v) is 9.21. The average Bonchev–Trinajstić information content (AvgIpc) is 2.64. The number of ether oxygens (including phenoxy) is 1. The molecule has 1 amide bonds. The molecule has 1 aliphatic rings. The van der Waals surface area contributed by atoms with Gasteiger partial charge in [-0.2, -0.15) is 0 Å². The summed E-state index contributed by atoms with van der Waals surface area (Å²) in [5.41, 5.74) is 0. The van der Waals surface area contributed by atoms with E-state index in [1.54, 1.807) is 0 Å². The Hall–Kier alpha value is -0.570. The summed E-state index contributed by atoms with van der Waals surface area (Å²) in [7, 11) is 0. The van der Waals surface area contributed by atoms with Gasteiger partial charge >= 0.3 is 0 Å². The fraction of sp³-hybridized carbons (Fsp3) is 0.909. The van der Waals surface area contributed by atoms with E-state index < -0.39 is 0 Å². The first-order valence-electron chi connectivity index (χ1n) is 5.59. The highest BCUT2D eigenvalue weighted by Crippen LogP contribution is 2.24. The molecule has 1 N–H and O–H groups in total. The molecule has 0 aliphatic heterocycles. The lowest BCUT2D eigenvalue weighted by atomic mass is 10.1. The summed E-state index contributed by atoms with van der Waals surface area (Å²) in [5, 5.41) is 2.92. The van der Waals surface area contributed by atoms with Crippen molar-refractivity contribution in [2.45, 2.75) is 45.6 Å². The minimum absolute atomic E-state index is 0.217. The molecular weight excluding hydrogens is 178 g/mol.